The van der Waals surface area contributed by atoms with Crippen LogP contribution < -0.4 is 5.73 Å². The molecule has 0 saturated heterocycles. The lowest BCUT2D eigenvalue weighted by atomic mass is 10.2. The Morgan fingerprint density at radius 2 is 2.19 bits per heavy atom. The van der Waals surface area contributed by atoms with Crippen LogP contribution in [-0.2, 0) is 4.74 Å². The molecule has 2 N–H and O–H groups in total. The Hall–Kier alpha value is -1.63. The minimum absolute atomic E-state index is 0.0249. The number of carbonyl (C=O) groups is 1. The molecule has 1 rings (SSSR count). The first-order valence-corrected chi connectivity index (χ1v) is 4.28. The molecule has 4 nitrogen and oxygen atoms in total. The summed E-state index contributed by atoms with van der Waals surface area (Å²) in [7, 11) is 0. The van der Waals surface area contributed by atoms with Crippen LogP contribution in [0.25, 0.3) is 0 Å². The summed E-state index contributed by atoms with van der Waals surface area (Å²) in [6.45, 7) is -2.13. The number of aromatic nitrogens is 1. The van der Waals surface area contributed by atoms with Crippen LogP contribution in [0, 0.1) is 0 Å². The van der Waals surface area contributed by atoms with Crippen molar-refractivity contribution in [2.75, 3.05) is 18.9 Å². The lowest BCUT2D eigenvalue weighted by molar-refractivity contribution is -0.170. The van der Waals surface area contributed by atoms with E-state index in [9.17, 15) is 18.0 Å². The summed E-state index contributed by atoms with van der Waals surface area (Å²) < 4.78 is 39.4. The van der Waals surface area contributed by atoms with E-state index in [0.29, 0.717) is 0 Å². The summed E-state index contributed by atoms with van der Waals surface area (Å²) >= 11 is 0. The number of halogens is 3. The molecule has 0 aliphatic rings. The van der Waals surface area contributed by atoms with Crippen LogP contribution in [0.1, 0.15) is 10.4 Å². The van der Waals surface area contributed by atoms with E-state index >= 15 is 0 Å². The van der Waals surface area contributed by atoms with Gasteiger partial charge >= 0.3 is 6.18 Å². The molecule has 1 heterocycles. The number of carbonyl (C=O) groups excluding carboxylic acids is 1. The van der Waals surface area contributed by atoms with Gasteiger partial charge in [0, 0.05) is 6.20 Å². The van der Waals surface area contributed by atoms with Gasteiger partial charge in [0.1, 0.15) is 19.0 Å². The number of nitrogen functional groups attached to an aromatic ring is 1. The standard InChI is InChI=1S/C9H9F3N2O2/c10-9(11,12)5-16-4-7(15)6-2-1-3-14-8(6)13/h1-3H,4-5H2,(H2,13,14). The highest BCUT2D eigenvalue weighted by atomic mass is 19.4. The van der Waals surface area contributed by atoms with Crippen molar-refractivity contribution in [2.45, 2.75) is 6.18 Å². The molecular formula is C9H9F3N2O2. The number of rotatable bonds is 4. The maximum atomic E-state index is 11.7. The lowest BCUT2D eigenvalue weighted by Gasteiger charge is -2.07. The van der Waals surface area contributed by atoms with Gasteiger partial charge in [0.2, 0.25) is 0 Å². The minimum atomic E-state index is -4.44. The Morgan fingerprint density at radius 1 is 1.50 bits per heavy atom. The summed E-state index contributed by atoms with van der Waals surface area (Å²) in [6, 6.07) is 2.84. The first-order valence-electron chi connectivity index (χ1n) is 4.28. The molecule has 0 fully saturated rings. The number of anilines is 1. The Labute approximate surface area is 89.2 Å². The molecule has 0 radical (unpaired) electrons. The fourth-order valence-electron chi connectivity index (χ4n) is 0.991. The van der Waals surface area contributed by atoms with Gasteiger partial charge in [-0.3, -0.25) is 4.79 Å². The van der Waals surface area contributed by atoms with Gasteiger partial charge in [0.25, 0.3) is 0 Å². The van der Waals surface area contributed by atoms with Gasteiger partial charge in [0.05, 0.1) is 5.56 Å². The van der Waals surface area contributed by atoms with Crippen LogP contribution in [-0.4, -0.2) is 30.2 Å². The van der Waals surface area contributed by atoms with Gasteiger partial charge in [-0.1, -0.05) is 0 Å². The van der Waals surface area contributed by atoms with E-state index in [2.05, 4.69) is 9.72 Å². The van der Waals surface area contributed by atoms with Gasteiger partial charge in [-0.25, -0.2) is 4.98 Å². The highest BCUT2D eigenvalue weighted by Gasteiger charge is 2.28. The van der Waals surface area contributed by atoms with Crippen molar-refractivity contribution in [2.24, 2.45) is 0 Å². The zero-order valence-electron chi connectivity index (χ0n) is 8.12. The first-order chi connectivity index (χ1) is 7.40. The molecule has 16 heavy (non-hydrogen) atoms. The molecule has 7 heteroatoms. The first kappa shape index (κ1) is 12.4. The van der Waals surface area contributed by atoms with Crippen LogP contribution in [0.4, 0.5) is 19.0 Å². The Morgan fingerprint density at radius 3 is 2.75 bits per heavy atom. The van der Waals surface area contributed by atoms with Crippen molar-refractivity contribution in [1.29, 1.82) is 0 Å². The number of ether oxygens (including phenoxy) is 1. The van der Waals surface area contributed by atoms with Crippen molar-refractivity contribution in [3.63, 3.8) is 0 Å². The zero-order valence-corrected chi connectivity index (χ0v) is 8.12. The molecule has 1 aromatic heterocycles. The summed E-state index contributed by atoms with van der Waals surface area (Å²) in [5.41, 5.74) is 5.43. The molecule has 0 bridgehead atoms. The summed E-state index contributed by atoms with van der Waals surface area (Å²) in [6.07, 6.45) is -3.07. The van der Waals surface area contributed by atoms with Gasteiger partial charge in [-0.2, -0.15) is 13.2 Å². The molecule has 1 aromatic rings. The Kier molecular flexibility index (Phi) is 3.83. The quantitative estimate of drug-likeness (QED) is 0.800. The SMILES string of the molecule is Nc1ncccc1C(=O)COCC(F)(F)F. The van der Waals surface area contributed by atoms with Gasteiger partial charge in [-0.05, 0) is 12.1 Å². The van der Waals surface area contributed by atoms with Crippen molar-refractivity contribution in [3.8, 4) is 0 Å². The van der Waals surface area contributed by atoms with Crippen LogP contribution in [0.5, 0.6) is 0 Å². The molecule has 88 valence electrons. The van der Waals surface area contributed by atoms with Crippen molar-refractivity contribution in [1.82, 2.24) is 4.98 Å². The molecule has 0 spiro atoms. The Bertz CT molecular complexity index is 379. The molecule has 0 saturated carbocycles. The van der Waals surface area contributed by atoms with Gasteiger partial charge in [-0.15, -0.1) is 0 Å². The van der Waals surface area contributed by atoms with E-state index < -0.39 is 25.2 Å². The fraction of sp³-hybridized carbons (Fsp3) is 0.333. The molecule has 0 amide bonds. The highest BCUT2D eigenvalue weighted by molar-refractivity contribution is 6.00. The molecule has 0 aliphatic heterocycles. The third kappa shape index (κ3) is 3.85. The number of nitrogens with two attached hydrogens (primary N) is 1. The van der Waals surface area contributed by atoms with Gasteiger partial charge in [0.15, 0.2) is 5.78 Å². The average molecular weight is 234 g/mol. The van der Waals surface area contributed by atoms with E-state index in [1.807, 2.05) is 0 Å². The van der Waals surface area contributed by atoms with Crippen molar-refractivity contribution < 1.29 is 22.7 Å². The van der Waals surface area contributed by atoms with Crippen LogP contribution in [0.3, 0.4) is 0 Å². The topological polar surface area (TPSA) is 65.2 Å². The molecule has 0 atom stereocenters. The van der Waals surface area contributed by atoms with Crippen molar-refractivity contribution >= 4 is 11.6 Å². The lowest BCUT2D eigenvalue weighted by Crippen LogP contribution is -2.21. The van der Waals surface area contributed by atoms with Crippen LogP contribution in [0.15, 0.2) is 18.3 Å². The summed E-state index contributed by atoms with van der Waals surface area (Å²) in [4.78, 5) is 15.0. The summed E-state index contributed by atoms with van der Waals surface area (Å²) in [5, 5.41) is 0. The third-order valence-electron chi connectivity index (χ3n) is 1.64. The number of Topliss-reactive ketones (excluding diaryl/α,β-unsaturated/α-hetero) is 1. The maximum absolute atomic E-state index is 11.7. The van der Waals surface area contributed by atoms with E-state index in [-0.39, 0.29) is 11.4 Å². The second kappa shape index (κ2) is 4.93. The number of ketones is 1. The van der Waals surface area contributed by atoms with Crippen LogP contribution in [0.2, 0.25) is 0 Å². The fourth-order valence-corrected chi connectivity index (χ4v) is 0.991. The molecular weight excluding hydrogens is 225 g/mol. The average Bonchev–Trinajstić information content (AvgIpc) is 2.16. The number of hydrogen-bond acceptors (Lipinski definition) is 4. The minimum Gasteiger partial charge on any atom is -0.383 e. The monoisotopic (exact) mass is 234 g/mol. The predicted octanol–water partition coefficient (Wildman–Crippen LogP) is 1.43. The second-order valence-electron chi connectivity index (χ2n) is 2.97. The second-order valence-corrected chi connectivity index (χ2v) is 2.97. The van der Waals surface area contributed by atoms with Crippen LogP contribution >= 0.6 is 0 Å². The number of nitrogens with zero attached hydrogens (tertiary/aromatic N) is 1. The number of alkyl halides is 3. The van der Waals surface area contributed by atoms with E-state index in [4.69, 9.17) is 5.73 Å². The largest absolute Gasteiger partial charge is 0.411 e. The highest BCUT2D eigenvalue weighted by Crippen LogP contribution is 2.15. The smallest absolute Gasteiger partial charge is 0.383 e. The zero-order chi connectivity index (χ0) is 12.2. The van der Waals surface area contributed by atoms with E-state index in [1.54, 1.807) is 0 Å². The predicted molar refractivity (Wildman–Crippen MR) is 49.9 cm³/mol. The van der Waals surface area contributed by atoms with Gasteiger partial charge < -0.3 is 10.5 Å². The third-order valence-corrected chi connectivity index (χ3v) is 1.64. The Balaban J connectivity index is 2.51. The molecule has 0 aliphatic carbocycles. The maximum Gasteiger partial charge on any atom is 0.411 e. The molecule has 0 unspecified atom stereocenters. The molecule has 0 aromatic carbocycles. The van der Waals surface area contributed by atoms with E-state index in [1.165, 1.54) is 18.3 Å². The number of hydrogen-bond donors (Lipinski definition) is 1. The number of pyridine rings is 1. The summed E-state index contributed by atoms with van der Waals surface area (Å²) in [5.74, 6) is -0.655. The van der Waals surface area contributed by atoms with E-state index in [0.717, 1.165) is 0 Å². The van der Waals surface area contributed by atoms with Crippen molar-refractivity contribution in [3.05, 3.63) is 23.9 Å². The normalized spacial score (nSPS) is 11.4.